The number of hydrogen-bond donors (Lipinski definition) is 0. The second-order valence-electron chi connectivity index (χ2n) is 10.7. The van der Waals surface area contributed by atoms with Gasteiger partial charge in [0.15, 0.2) is 6.29 Å². The summed E-state index contributed by atoms with van der Waals surface area (Å²) in [5, 5.41) is 0. The van der Waals surface area contributed by atoms with Crippen LogP contribution in [0, 0.1) is 24.7 Å². The fourth-order valence-electron chi connectivity index (χ4n) is 5.41. The monoisotopic (exact) mass is 472 g/mol. The minimum absolute atomic E-state index is 0.0146. The van der Waals surface area contributed by atoms with E-state index in [4.69, 9.17) is 14.2 Å². The molecule has 1 saturated carbocycles. The number of benzene rings is 1. The summed E-state index contributed by atoms with van der Waals surface area (Å²) in [6, 6.07) is 6.30. The molecule has 0 radical (unpaired) electrons. The number of unbranched alkanes of at least 4 members (excludes halogenated alkanes) is 6. The third-order valence-corrected chi connectivity index (χ3v) is 7.72. The molecule has 0 aromatic heterocycles. The molecule has 34 heavy (non-hydrogen) atoms. The molecule has 0 N–H and O–H groups in total. The first-order valence-corrected chi connectivity index (χ1v) is 14.1. The van der Waals surface area contributed by atoms with Crippen LogP contribution in [-0.2, 0) is 20.7 Å². The van der Waals surface area contributed by atoms with Crippen molar-refractivity contribution in [3.05, 3.63) is 29.3 Å². The molecule has 2 fully saturated rings. The van der Waals surface area contributed by atoms with Gasteiger partial charge in [-0.1, -0.05) is 70.9 Å². The number of rotatable bonds is 13. The van der Waals surface area contributed by atoms with Crippen LogP contribution in [0.15, 0.2) is 18.2 Å². The van der Waals surface area contributed by atoms with Crippen molar-refractivity contribution in [1.82, 2.24) is 0 Å². The molecule has 1 saturated heterocycles. The molecule has 192 valence electrons. The minimum atomic E-state index is -0.0869. The summed E-state index contributed by atoms with van der Waals surface area (Å²) in [6.45, 7) is 8.19. The van der Waals surface area contributed by atoms with Gasteiger partial charge in [0, 0.05) is 11.8 Å². The maximum Gasteiger partial charge on any atom is 0.314 e. The summed E-state index contributed by atoms with van der Waals surface area (Å²) < 4.78 is 18.0. The van der Waals surface area contributed by atoms with Gasteiger partial charge >= 0.3 is 5.97 Å². The van der Waals surface area contributed by atoms with Crippen molar-refractivity contribution in [2.45, 2.75) is 117 Å². The summed E-state index contributed by atoms with van der Waals surface area (Å²) in [4.78, 5) is 12.8. The van der Waals surface area contributed by atoms with Gasteiger partial charge in [-0.05, 0) is 69.1 Å². The van der Waals surface area contributed by atoms with Gasteiger partial charge in [-0.2, -0.15) is 0 Å². The zero-order chi connectivity index (χ0) is 24.2. The van der Waals surface area contributed by atoms with Crippen molar-refractivity contribution in [1.29, 1.82) is 0 Å². The Morgan fingerprint density at radius 2 is 1.59 bits per heavy atom. The SMILES string of the molecule is CCCCCCCc1ccc(OC(=O)C2CCC(C3OCC(CCCCC)CO3)CC2)c(C)c1. The van der Waals surface area contributed by atoms with E-state index in [9.17, 15) is 4.79 Å². The van der Waals surface area contributed by atoms with E-state index in [-0.39, 0.29) is 18.2 Å². The number of carbonyl (C=O) groups is 1. The summed E-state index contributed by atoms with van der Waals surface area (Å²) >= 11 is 0. The fraction of sp³-hybridized carbons (Fsp3) is 0.767. The molecule has 1 aliphatic carbocycles. The molecule has 1 aliphatic heterocycles. The molecule has 4 heteroatoms. The normalized spacial score (nSPS) is 25.3. The van der Waals surface area contributed by atoms with E-state index in [0.29, 0.717) is 11.8 Å². The third-order valence-electron chi connectivity index (χ3n) is 7.72. The Labute approximate surface area is 208 Å². The Balaban J connectivity index is 1.37. The van der Waals surface area contributed by atoms with Gasteiger partial charge in [-0.3, -0.25) is 4.79 Å². The standard InChI is InChI=1S/C30H48O4/c1-4-6-8-9-11-12-24-14-19-28(23(3)20-24)34-29(31)26-15-17-27(18-16-26)30-32-21-25(22-33-30)13-10-7-5-2/h14,19-20,25-27,30H,4-13,15-18,21-22H2,1-3H3. The predicted molar refractivity (Wildman–Crippen MR) is 138 cm³/mol. The lowest BCUT2D eigenvalue weighted by atomic mass is 9.81. The van der Waals surface area contributed by atoms with Crippen LogP contribution < -0.4 is 4.74 Å². The Hall–Kier alpha value is -1.39. The van der Waals surface area contributed by atoms with Crippen molar-refractivity contribution in [3.63, 3.8) is 0 Å². The van der Waals surface area contributed by atoms with Crippen LogP contribution in [0.3, 0.4) is 0 Å². The summed E-state index contributed by atoms with van der Waals surface area (Å²) in [5.41, 5.74) is 2.40. The van der Waals surface area contributed by atoms with Crippen molar-refractivity contribution in [2.24, 2.45) is 17.8 Å². The third kappa shape index (κ3) is 8.68. The number of esters is 1. The van der Waals surface area contributed by atoms with Crippen molar-refractivity contribution in [2.75, 3.05) is 13.2 Å². The van der Waals surface area contributed by atoms with E-state index in [2.05, 4.69) is 26.0 Å². The Bertz CT molecular complexity index is 715. The number of ether oxygens (including phenoxy) is 3. The lowest BCUT2D eigenvalue weighted by molar-refractivity contribution is -0.230. The number of carbonyl (C=O) groups excluding carboxylic acids is 1. The van der Waals surface area contributed by atoms with Gasteiger partial charge in [-0.25, -0.2) is 0 Å². The molecule has 3 rings (SSSR count). The maximum atomic E-state index is 12.8. The van der Waals surface area contributed by atoms with E-state index in [0.717, 1.165) is 56.6 Å². The largest absolute Gasteiger partial charge is 0.426 e. The lowest BCUT2D eigenvalue weighted by Crippen LogP contribution is -2.39. The molecule has 1 aromatic carbocycles. The van der Waals surface area contributed by atoms with E-state index in [1.807, 2.05) is 13.0 Å². The second-order valence-corrected chi connectivity index (χ2v) is 10.7. The van der Waals surface area contributed by atoms with Gasteiger partial charge in [0.05, 0.1) is 19.1 Å². The lowest BCUT2D eigenvalue weighted by Gasteiger charge is -2.37. The number of aryl methyl sites for hydroxylation is 2. The van der Waals surface area contributed by atoms with E-state index < -0.39 is 0 Å². The maximum absolute atomic E-state index is 12.8. The van der Waals surface area contributed by atoms with E-state index in [1.54, 1.807) is 0 Å². The molecule has 0 unspecified atom stereocenters. The molecule has 4 nitrogen and oxygen atoms in total. The van der Waals surface area contributed by atoms with Gasteiger partial charge < -0.3 is 14.2 Å². The predicted octanol–water partition coefficient (Wildman–Crippen LogP) is 7.79. The highest BCUT2D eigenvalue weighted by atomic mass is 16.7. The first-order valence-electron chi connectivity index (χ1n) is 14.1. The van der Waals surface area contributed by atoms with Gasteiger partial charge in [0.2, 0.25) is 0 Å². The number of hydrogen-bond acceptors (Lipinski definition) is 4. The van der Waals surface area contributed by atoms with Crippen molar-refractivity contribution < 1.29 is 19.0 Å². The average molecular weight is 473 g/mol. The van der Waals surface area contributed by atoms with Crippen molar-refractivity contribution >= 4 is 5.97 Å². The highest BCUT2D eigenvalue weighted by Crippen LogP contribution is 2.35. The Morgan fingerprint density at radius 3 is 2.26 bits per heavy atom. The quantitative estimate of drug-likeness (QED) is 0.167. The molecule has 2 aliphatic rings. The van der Waals surface area contributed by atoms with Crippen LogP contribution >= 0.6 is 0 Å². The molecule has 1 aromatic rings. The van der Waals surface area contributed by atoms with Crippen LogP contribution in [0.2, 0.25) is 0 Å². The molecule has 0 bridgehead atoms. The molecule has 0 atom stereocenters. The second kappa shape index (κ2) is 14.9. The summed E-state index contributed by atoms with van der Waals surface area (Å²) in [5.74, 6) is 1.58. The fourth-order valence-corrected chi connectivity index (χ4v) is 5.41. The highest BCUT2D eigenvalue weighted by molar-refractivity contribution is 5.75. The molecular weight excluding hydrogens is 424 g/mol. The molecule has 1 heterocycles. The van der Waals surface area contributed by atoms with Crippen LogP contribution in [0.1, 0.15) is 108 Å². The molecule has 0 spiro atoms. The molecular formula is C30H48O4. The average Bonchev–Trinajstić information content (AvgIpc) is 2.86. The Morgan fingerprint density at radius 1 is 0.912 bits per heavy atom. The van der Waals surface area contributed by atoms with Crippen LogP contribution in [0.5, 0.6) is 5.75 Å². The highest BCUT2D eigenvalue weighted by Gasteiger charge is 2.35. The van der Waals surface area contributed by atoms with Crippen LogP contribution in [-0.4, -0.2) is 25.5 Å². The van der Waals surface area contributed by atoms with E-state index in [1.165, 1.54) is 63.4 Å². The zero-order valence-electron chi connectivity index (χ0n) is 22.0. The molecule has 0 amide bonds. The van der Waals surface area contributed by atoms with Crippen molar-refractivity contribution in [3.8, 4) is 5.75 Å². The zero-order valence-corrected chi connectivity index (χ0v) is 22.0. The van der Waals surface area contributed by atoms with E-state index >= 15 is 0 Å². The first kappa shape index (κ1) is 27.2. The smallest absolute Gasteiger partial charge is 0.314 e. The Kier molecular flexibility index (Phi) is 11.9. The van der Waals surface area contributed by atoms with Gasteiger partial charge in [0.25, 0.3) is 0 Å². The topological polar surface area (TPSA) is 44.8 Å². The van der Waals surface area contributed by atoms with Crippen LogP contribution in [0.4, 0.5) is 0 Å². The first-order chi connectivity index (χ1) is 16.6. The van der Waals surface area contributed by atoms with Gasteiger partial charge in [0.1, 0.15) is 5.75 Å². The summed E-state index contributed by atoms with van der Waals surface area (Å²) in [6.07, 6.45) is 16.2. The summed E-state index contributed by atoms with van der Waals surface area (Å²) in [7, 11) is 0. The van der Waals surface area contributed by atoms with Gasteiger partial charge in [-0.15, -0.1) is 0 Å². The minimum Gasteiger partial charge on any atom is -0.426 e. The van der Waals surface area contributed by atoms with Crippen LogP contribution in [0.25, 0.3) is 0 Å².